The number of hydrogen-bond acceptors (Lipinski definition) is 4. The zero-order valence-electron chi connectivity index (χ0n) is 14.4. The summed E-state index contributed by atoms with van der Waals surface area (Å²) in [6, 6.07) is 0.742. The van der Waals surface area contributed by atoms with Crippen molar-refractivity contribution in [1.82, 2.24) is 10.2 Å². The van der Waals surface area contributed by atoms with Gasteiger partial charge in [-0.2, -0.15) is 0 Å². The fraction of sp³-hybridized carbons (Fsp3) is 0.941. The minimum absolute atomic E-state index is 0.137. The third-order valence-electron chi connectivity index (χ3n) is 4.74. The van der Waals surface area contributed by atoms with Gasteiger partial charge in [0, 0.05) is 6.04 Å². The second-order valence-electron chi connectivity index (χ2n) is 6.45. The van der Waals surface area contributed by atoms with Crippen molar-refractivity contribution >= 4 is 5.97 Å². The van der Waals surface area contributed by atoms with Gasteiger partial charge in [0.25, 0.3) is 0 Å². The first kappa shape index (κ1) is 18.4. The van der Waals surface area contributed by atoms with Crippen molar-refractivity contribution < 1.29 is 9.53 Å². The summed E-state index contributed by atoms with van der Waals surface area (Å²) < 4.78 is 4.98. The van der Waals surface area contributed by atoms with Crippen molar-refractivity contribution in [2.24, 2.45) is 0 Å². The van der Waals surface area contributed by atoms with Crippen molar-refractivity contribution in [3.63, 3.8) is 0 Å². The lowest BCUT2D eigenvalue weighted by Crippen LogP contribution is -2.51. The largest absolute Gasteiger partial charge is 0.468 e. The van der Waals surface area contributed by atoms with E-state index in [0.29, 0.717) is 0 Å². The van der Waals surface area contributed by atoms with Crippen LogP contribution < -0.4 is 5.32 Å². The second kappa shape index (κ2) is 9.42. The summed E-state index contributed by atoms with van der Waals surface area (Å²) in [5.74, 6) is -0.137. The molecular weight excluding hydrogens is 264 g/mol. The van der Waals surface area contributed by atoms with Gasteiger partial charge in [0.05, 0.1) is 7.11 Å². The number of likely N-dealkylation sites (tertiary alicyclic amines) is 1. The van der Waals surface area contributed by atoms with Crippen LogP contribution in [-0.2, 0) is 9.53 Å². The van der Waals surface area contributed by atoms with E-state index in [4.69, 9.17) is 4.74 Å². The van der Waals surface area contributed by atoms with Crippen LogP contribution in [0.2, 0.25) is 0 Å². The van der Waals surface area contributed by atoms with Gasteiger partial charge < -0.3 is 15.0 Å². The number of nitrogens with one attached hydrogen (secondary N) is 1. The molecule has 4 heteroatoms. The molecule has 1 aliphatic rings. The van der Waals surface area contributed by atoms with Crippen LogP contribution >= 0.6 is 0 Å². The van der Waals surface area contributed by atoms with Crippen molar-refractivity contribution in [3.8, 4) is 0 Å². The maximum atomic E-state index is 12.0. The first-order valence-corrected chi connectivity index (χ1v) is 8.64. The predicted octanol–water partition coefficient (Wildman–Crippen LogP) is 2.96. The Balaban J connectivity index is 2.46. The molecular formula is C17H34N2O2. The predicted molar refractivity (Wildman–Crippen MR) is 87.5 cm³/mol. The number of carbonyl (C=O) groups is 1. The third kappa shape index (κ3) is 5.59. The Kier molecular flexibility index (Phi) is 8.27. The normalized spacial score (nSPS) is 22.8. The molecule has 0 aliphatic carbocycles. The molecule has 2 unspecified atom stereocenters. The molecule has 1 aliphatic heterocycles. The maximum Gasteiger partial charge on any atom is 0.325 e. The van der Waals surface area contributed by atoms with Crippen LogP contribution in [0.15, 0.2) is 0 Å². The molecule has 0 radical (unpaired) electrons. The minimum Gasteiger partial charge on any atom is -0.468 e. The van der Waals surface area contributed by atoms with Crippen LogP contribution in [0, 0.1) is 0 Å². The first-order valence-electron chi connectivity index (χ1n) is 8.64. The Bertz CT molecular complexity index is 309. The number of ether oxygens (including phenoxy) is 1. The summed E-state index contributed by atoms with van der Waals surface area (Å²) in [7, 11) is 1.48. The average Bonchev–Trinajstić information content (AvgIpc) is 2.52. The molecule has 124 valence electrons. The molecule has 1 heterocycles. The lowest BCUT2D eigenvalue weighted by Gasteiger charge is -2.36. The molecule has 0 aromatic carbocycles. The van der Waals surface area contributed by atoms with Crippen LogP contribution in [-0.4, -0.2) is 49.2 Å². The van der Waals surface area contributed by atoms with Crippen LogP contribution in [0.3, 0.4) is 0 Å². The lowest BCUT2D eigenvalue weighted by molar-refractivity contribution is -0.148. The van der Waals surface area contributed by atoms with E-state index in [0.717, 1.165) is 38.4 Å². The summed E-state index contributed by atoms with van der Waals surface area (Å²) >= 11 is 0. The van der Waals surface area contributed by atoms with Gasteiger partial charge in [-0.3, -0.25) is 4.79 Å². The van der Waals surface area contributed by atoms with Crippen molar-refractivity contribution in [1.29, 1.82) is 0 Å². The monoisotopic (exact) mass is 298 g/mol. The number of nitrogens with zero attached hydrogens (tertiary/aromatic N) is 1. The van der Waals surface area contributed by atoms with E-state index < -0.39 is 5.54 Å². The van der Waals surface area contributed by atoms with Gasteiger partial charge in [-0.05, 0) is 65.1 Å². The molecule has 0 spiro atoms. The van der Waals surface area contributed by atoms with Gasteiger partial charge in [0.1, 0.15) is 5.54 Å². The fourth-order valence-corrected chi connectivity index (χ4v) is 3.34. The number of piperidine rings is 1. The van der Waals surface area contributed by atoms with Gasteiger partial charge in [-0.1, -0.05) is 20.3 Å². The van der Waals surface area contributed by atoms with Crippen molar-refractivity contribution in [2.75, 3.05) is 26.7 Å². The Labute approximate surface area is 130 Å². The summed E-state index contributed by atoms with van der Waals surface area (Å²) in [6.45, 7) is 9.54. The average molecular weight is 298 g/mol. The molecule has 2 atom stereocenters. The Morgan fingerprint density at radius 3 is 2.76 bits per heavy atom. The molecule has 1 saturated heterocycles. The minimum atomic E-state index is -0.539. The fourth-order valence-electron chi connectivity index (χ4n) is 3.34. The van der Waals surface area contributed by atoms with E-state index in [-0.39, 0.29) is 5.97 Å². The van der Waals surface area contributed by atoms with E-state index in [2.05, 4.69) is 24.1 Å². The van der Waals surface area contributed by atoms with Crippen molar-refractivity contribution in [2.45, 2.75) is 77.3 Å². The Morgan fingerprint density at radius 1 is 1.38 bits per heavy atom. The highest BCUT2D eigenvalue weighted by atomic mass is 16.5. The third-order valence-corrected chi connectivity index (χ3v) is 4.74. The van der Waals surface area contributed by atoms with Crippen LogP contribution in [0.4, 0.5) is 0 Å². The molecule has 0 aromatic rings. The highest BCUT2D eigenvalue weighted by Gasteiger charge is 2.33. The number of carbonyl (C=O) groups excluding carboxylic acids is 1. The molecule has 1 N–H and O–H groups in total. The van der Waals surface area contributed by atoms with Gasteiger partial charge in [0.15, 0.2) is 0 Å². The number of methoxy groups -OCH3 is 1. The molecule has 4 nitrogen and oxygen atoms in total. The first-order chi connectivity index (χ1) is 10.1. The summed E-state index contributed by atoms with van der Waals surface area (Å²) in [6.07, 6.45) is 8.16. The smallest absolute Gasteiger partial charge is 0.325 e. The molecule has 21 heavy (non-hydrogen) atoms. The molecule has 0 aromatic heterocycles. The summed E-state index contributed by atoms with van der Waals surface area (Å²) in [5, 5.41) is 3.37. The molecule has 0 saturated carbocycles. The van der Waals surface area contributed by atoms with Crippen LogP contribution in [0.5, 0.6) is 0 Å². The van der Waals surface area contributed by atoms with E-state index in [1.54, 1.807) is 0 Å². The number of hydrogen-bond donors (Lipinski definition) is 1. The standard InChI is InChI=1S/C17H34N2O2/c1-5-12-18-17(3,16(20)21-4)11-9-14-19-13-8-7-10-15(19)6-2/h15,18H,5-14H2,1-4H3. The summed E-state index contributed by atoms with van der Waals surface area (Å²) in [4.78, 5) is 14.7. The van der Waals surface area contributed by atoms with E-state index in [1.165, 1.54) is 39.3 Å². The Morgan fingerprint density at radius 2 is 2.14 bits per heavy atom. The number of esters is 1. The quantitative estimate of drug-likeness (QED) is 0.665. The van der Waals surface area contributed by atoms with Gasteiger partial charge in [-0.25, -0.2) is 0 Å². The highest BCUT2D eigenvalue weighted by Crippen LogP contribution is 2.21. The van der Waals surface area contributed by atoms with Gasteiger partial charge >= 0.3 is 5.97 Å². The zero-order chi connectivity index (χ0) is 15.7. The Hall–Kier alpha value is -0.610. The zero-order valence-corrected chi connectivity index (χ0v) is 14.4. The van der Waals surface area contributed by atoms with Crippen LogP contribution in [0.25, 0.3) is 0 Å². The van der Waals surface area contributed by atoms with Crippen molar-refractivity contribution in [3.05, 3.63) is 0 Å². The maximum absolute atomic E-state index is 12.0. The van der Waals surface area contributed by atoms with Gasteiger partial charge in [0.2, 0.25) is 0 Å². The molecule has 0 amide bonds. The van der Waals surface area contributed by atoms with E-state index >= 15 is 0 Å². The topological polar surface area (TPSA) is 41.6 Å². The molecule has 0 bridgehead atoms. The van der Waals surface area contributed by atoms with Gasteiger partial charge in [-0.15, -0.1) is 0 Å². The second-order valence-corrected chi connectivity index (χ2v) is 6.45. The molecule has 1 rings (SSSR count). The lowest BCUT2D eigenvalue weighted by atomic mass is 9.94. The SMILES string of the molecule is CCCNC(C)(CCCN1CCCCC1CC)C(=O)OC. The highest BCUT2D eigenvalue weighted by molar-refractivity contribution is 5.80. The number of rotatable bonds is 9. The summed E-state index contributed by atoms with van der Waals surface area (Å²) in [5.41, 5.74) is -0.539. The van der Waals surface area contributed by atoms with Crippen LogP contribution in [0.1, 0.15) is 65.7 Å². The van der Waals surface area contributed by atoms with E-state index in [1.807, 2.05) is 6.92 Å². The van der Waals surface area contributed by atoms with E-state index in [9.17, 15) is 4.79 Å². The molecule has 1 fully saturated rings.